The second-order valence-corrected chi connectivity index (χ2v) is 31.8. The summed E-state index contributed by atoms with van der Waals surface area (Å²) in [5.41, 5.74) is 24.4. The molecule has 0 spiro atoms. The Labute approximate surface area is 688 Å². The molecule has 0 bridgehead atoms. The Morgan fingerprint density at radius 1 is 0.161 bits per heavy atom. The lowest BCUT2D eigenvalue weighted by molar-refractivity contribution is 1.07. The van der Waals surface area contributed by atoms with Gasteiger partial charge in [-0.15, -0.1) is 22.7 Å². The van der Waals surface area contributed by atoms with E-state index in [1.54, 1.807) is 22.7 Å². The van der Waals surface area contributed by atoms with Crippen molar-refractivity contribution in [1.82, 2.24) is 39.0 Å². The van der Waals surface area contributed by atoms with E-state index in [9.17, 15) is 0 Å². The number of aromatic nitrogens is 8. The van der Waals surface area contributed by atoms with Crippen molar-refractivity contribution in [3.05, 3.63) is 413 Å². The van der Waals surface area contributed by atoms with Gasteiger partial charge in [0.05, 0.1) is 22.1 Å². The molecule has 23 aromatic rings. The normalized spacial score (nSPS) is 11.6. The smallest absolute Gasteiger partial charge is 0.164 e. The molecule has 0 amide bonds. The van der Waals surface area contributed by atoms with E-state index < -0.39 is 0 Å². The van der Waals surface area contributed by atoms with Crippen molar-refractivity contribution >= 4 is 107 Å². The molecule has 8 nitrogen and oxygen atoms in total. The minimum absolute atomic E-state index is 0.639. The van der Waals surface area contributed by atoms with E-state index in [-0.39, 0.29) is 0 Å². The first-order valence-electron chi connectivity index (χ1n) is 39.6. The summed E-state index contributed by atoms with van der Waals surface area (Å²) >= 11 is 3.60. The number of hydrogen-bond donors (Lipinski definition) is 0. The van der Waals surface area contributed by atoms with Gasteiger partial charge in [-0.25, -0.2) is 29.9 Å². The van der Waals surface area contributed by atoms with Crippen LogP contribution in [-0.4, -0.2) is 39.0 Å². The van der Waals surface area contributed by atoms with E-state index in [1.165, 1.54) is 117 Å². The summed E-state index contributed by atoms with van der Waals surface area (Å²) in [5, 5.41) is 10.0. The second-order valence-electron chi connectivity index (χ2n) is 29.7. The number of fused-ring (bicyclic) bond motifs is 12. The van der Waals surface area contributed by atoms with E-state index in [4.69, 9.17) is 29.9 Å². The highest BCUT2D eigenvalue weighted by Gasteiger charge is 2.22. The molecule has 23 rings (SSSR count). The van der Waals surface area contributed by atoms with Gasteiger partial charge in [-0.3, -0.25) is 0 Å². The summed E-state index contributed by atoms with van der Waals surface area (Å²) in [5.74, 6) is 3.90. The molecule has 10 heteroatoms. The van der Waals surface area contributed by atoms with Crippen LogP contribution < -0.4 is 0 Å². The summed E-state index contributed by atoms with van der Waals surface area (Å²) in [6.45, 7) is 0. The summed E-state index contributed by atoms with van der Waals surface area (Å²) in [4.78, 5) is 30.2. The van der Waals surface area contributed by atoms with Crippen molar-refractivity contribution in [3.8, 4) is 135 Å². The molecule has 0 radical (unpaired) electrons. The molecule has 6 aromatic heterocycles. The van der Waals surface area contributed by atoms with Crippen molar-refractivity contribution in [1.29, 1.82) is 0 Å². The Morgan fingerprint density at radius 3 is 0.898 bits per heavy atom. The molecule has 0 unspecified atom stereocenters. The largest absolute Gasteiger partial charge is 0.309 e. The number of rotatable bonds is 13. The van der Waals surface area contributed by atoms with Crippen molar-refractivity contribution < 1.29 is 0 Å². The molecule has 0 atom stereocenters. The summed E-state index contributed by atoms with van der Waals surface area (Å²) in [6, 6.07) is 146. The van der Waals surface area contributed by atoms with Gasteiger partial charge in [0, 0.05) is 107 Å². The van der Waals surface area contributed by atoms with E-state index in [0.29, 0.717) is 34.9 Å². The average Bonchev–Trinajstić information content (AvgIpc) is 1.58. The number of thiophene rings is 2. The summed E-state index contributed by atoms with van der Waals surface area (Å²) < 4.78 is 9.78. The van der Waals surface area contributed by atoms with Gasteiger partial charge in [-0.2, -0.15) is 0 Å². The molecule has 0 N–H and O–H groups in total. The summed E-state index contributed by atoms with van der Waals surface area (Å²) in [6.07, 6.45) is 0. The van der Waals surface area contributed by atoms with Gasteiger partial charge in [-0.1, -0.05) is 328 Å². The standard InChI is InChI=1S/C57H36N4S.C51H32N4S/c1-4-13-37(14-5-1)43-28-31-51-49(34-43)50-35-44(38-15-6-2-7-16-38)29-32-52(50)61(51)46-20-12-19-42(33-46)39-23-25-41(26-24-39)56-58-55(40-17-8-3-9-18-40)59-57(60-56)45-27-30-48-47-21-10-11-22-53(47)62-54(48)36-45;1-3-13-34(14-4-1)40-21-12-23-45-48(40)43-20-7-9-22-44(43)55(45)39-18-11-17-37(31-39)33-25-27-36(28-26-33)50-52-49(35-15-5-2-6-16-35)53-51(54-50)38-29-30-42-41-19-8-10-24-46(41)56-47(42)32-38/h1-36H;1-32H. The lowest BCUT2D eigenvalue weighted by Gasteiger charge is -2.12. The predicted molar refractivity (Wildman–Crippen MR) is 494 cm³/mol. The Balaban J connectivity index is 0.000000143. The van der Waals surface area contributed by atoms with E-state index in [0.717, 1.165) is 67.0 Å². The van der Waals surface area contributed by atoms with Gasteiger partial charge in [0.2, 0.25) is 0 Å². The van der Waals surface area contributed by atoms with Gasteiger partial charge < -0.3 is 9.13 Å². The van der Waals surface area contributed by atoms with E-state index in [2.05, 4.69) is 373 Å². The molecule has 17 aromatic carbocycles. The fourth-order valence-corrected chi connectivity index (χ4v) is 19.1. The van der Waals surface area contributed by atoms with Gasteiger partial charge in [0.25, 0.3) is 0 Å². The number of benzene rings is 17. The third-order valence-electron chi connectivity index (χ3n) is 22.5. The monoisotopic (exact) mass is 1540 g/mol. The number of para-hydroxylation sites is 1. The molecule has 0 aliphatic heterocycles. The Morgan fingerprint density at radius 2 is 0.449 bits per heavy atom. The highest BCUT2D eigenvalue weighted by atomic mass is 32.1. The number of nitrogens with zero attached hydrogens (tertiary/aromatic N) is 8. The first-order valence-corrected chi connectivity index (χ1v) is 41.2. The Bertz CT molecular complexity index is 7670. The number of hydrogen-bond acceptors (Lipinski definition) is 8. The van der Waals surface area contributed by atoms with Crippen LogP contribution in [0.2, 0.25) is 0 Å². The summed E-state index contributed by atoms with van der Waals surface area (Å²) in [7, 11) is 0. The van der Waals surface area contributed by atoms with Gasteiger partial charge >= 0.3 is 0 Å². The van der Waals surface area contributed by atoms with Crippen molar-refractivity contribution in [3.63, 3.8) is 0 Å². The topological polar surface area (TPSA) is 87.2 Å². The van der Waals surface area contributed by atoms with Crippen LogP contribution in [0.3, 0.4) is 0 Å². The molecule has 0 saturated heterocycles. The van der Waals surface area contributed by atoms with Crippen molar-refractivity contribution in [2.75, 3.05) is 0 Å². The van der Waals surface area contributed by atoms with Gasteiger partial charge in [0.1, 0.15) is 0 Å². The van der Waals surface area contributed by atoms with Crippen molar-refractivity contribution in [2.24, 2.45) is 0 Å². The Kier molecular flexibility index (Phi) is 17.5. The highest BCUT2D eigenvalue weighted by molar-refractivity contribution is 7.26. The fourth-order valence-electron chi connectivity index (χ4n) is 16.8. The van der Waals surface area contributed by atoms with Gasteiger partial charge in [0.15, 0.2) is 34.9 Å². The van der Waals surface area contributed by atoms with Crippen LogP contribution in [0.25, 0.3) is 219 Å². The molecule has 0 aliphatic carbocycles. The lowest BCUT2D eigenvalue weighted by atomic mass is 9.99. The molecule has 552 valence electrons. The minimum Gasteiger partial charge on any atom is -0.309 e. The maximum absolute atomic E-state index is 5.10. The van der Waals surface area contributed by atoms with Gasteiger partial charge in [-0.05, 0) is 141 Å². The first kappa shape index (κ1) is 69.5. The van der Waals surface area contributed by atoms with Crippen LogP contribution >= 0.6 is 22.7 Å². The minimum atomic E-state index is 0.639. The molecule has 0 aliphatic rings. The quantitative estimate of drug-likeness (QED) is 0.114. The highest BCUT2D eigenvalue weighted by Crippen LogP contribution is 2.44. The van der Waals surface area contributed by atoms with E-state index in [1.807, 2.05) is 48.5 Å². The van der Waals surface area contributed by atoms with E-state index >= 15 is 0 Å². The third-order valence-corrected chi connectivity index (χ3v) is 24.8. The SMILES string of the molecule is c1ccc(-c2ccc3c(c2)c2cc(-c4ccccc4)ccc2n3-c2cccc(-c3ccc(-c4nc(-c5ccccc5)nc(-c5ccc6c(c5)sc5ccccc56)n4)cc3)c2)cc1.c1ccc(-c2nc(-c3ccc(-c4cccc(-n5c6ccccc6c6c(-c7ccccc7)cccc65)c4)cc3)nc(-c3ccc4c(c3)sc3ccccc34)n2)cc1. The zero-order chi connectivity index (χ0) is 78.0. The van der Waals surface area contributed by atoms with Crippen LogP contribution in [0.1, 0.15) is 0 Å². The first-order chi connectivity index (χ1) is 58.4. The maximum Gasteiger partial charge on any atom is 0.164 e. The maximum atomic E-state index is 5.10. The molecule has 0 fully saturated rings. The Hall–Kier alpha value is -15.2. The molecular formula is C108H68N8S2. The predicted octanol–water partition coefficient (Wildman–Crippen LogP) is 29.0. The van der Waals surface area contributed by atoms with Crippen LogP contribution in [0.15, 0.2) is 413 Å². The van der Waals surface area contributed by atoms with Crippen molar-refractivity contribution in [2.45, 2.75) is 0 Å². The van der Waals surface area contributed by atoms with Crippen LogP contribution in [0.5, 0.6) is 0 Å². The van der Waals surface area contributed by atoms with Crippen LogP contribution in [-0.2, 0) is 0 Å². The van der Waals surface area contributed by atoms with Crippen LogP contribution in [0, 0.1) is 0 Å². The zero-order valence-electron chi connectivity index (χ0n) is 63.7. The average molecular weight is 1540 g/mol. The third kappa shape index (κ3) is 12.8. The molecule has 118 heavy (non-hydrogen) atoms. The molecular weight excluding hydrogens is 1470 g/mol. The lowest BCUT2D eigenvalue weighted by Crippen LogP contribution is -2.00. The molecule has 0 saturated carbocycles. The second kappa shape index (κ2) is 29.6. The molecule has 6 heterocycles. The van der Waals surface area contributed by atoms with Crippen LogP contribution in [0.4, 0.5) is 0 Å². The fraction of sp³-hybridized carbons (Fsp3) is 0. The zero-order valence-corrected chi connectivity index (χ0v) is 65.3.